The number of fused-ring (bicyclic) bond motifs is 5. The standard InChI is InChI=1S/C33H50O2/c1-5-33(35)20-19-31(3)25(22-33)12-14-27-29-16-15-28(32(29,4)18-17-30(27)31)23(2)11-13-26(34)21-24-9-7-6-8-10-24/h6-10,12,23,26-30,34-35H,5,11,13-22H2,1-4H3/t23-,26-,27+,28-,29+,30+,31+,32-,33+/m1/s1. The summed E-state index contributed by atoms with van der Waals surface area (Å²) in [6, 6.07) is 10.5. The molecule has 0 spiro atoms. The summed E-state index contributed by atoms with van der Waals surface area (Å²) in [4.78, 5) is 0. The summed E-state index contributed by atoms with van der Waals surface area (Å²) in [7, 11) is 0. The molecule has 0 aromatic heterocycles. The fourth-order valence-corrected chi connectivity index (χ4v) is 9.63. The lowest BCUT2D eigenvalue weighted by Crippen LogP contribution is -2.52. The molecule has 0 saturated heterocycles. The second-order valence-corrected chi connectivity index (χ2v) is 13.6. The van der Waals surface area contributed by atoms with E-state index in [0.29, 0.717) is 16.7 Å². The third-order valence-corrected chi connectivity index (χ3v) is 11.9. The van der Waals surface area contributed by atoms with Crippen LogP contribution in [0, 0.1) is 40.4 Å². The molecule has 0 aliphatic heterocycles. The first-order valence-corrected chi connectivity index (χ1v) is 14.8. The lowest BCUT2D eigenvalue weighted by molar-refractivity contribution is -0.0757. The smallest absolute Gasteiger partial charge is 0.0682 e. The molecule has 35 heavy (non-hydrogen) atoms. The van der Waals surface area contributed by atoms with Gasteiger partial charge in [-0.15, -0.1) is 0 Å². The van der Waals surface area contributed by atoms with Gasteiger partial charge in [-0.3, -0.25) is 0 Å². The summed E-state index contributed by atoms with van der Waals surface area (Å²) in [5.74, 6) is 3.98. The largest absolute Gasteiger partial charge is 0.393 e. The topological polar surface area (TPSA) is 40.5 Å². The van der Waals surface area contributed by atoms with Crippen molar-refractivity contribution in [2.45, 2.75) is 116 Å². The van der Waals surface area contributed by atoms with Gasteiger partial charge in [-0.05, 0) is 123 Å². The van der Waals surface area contributed by atoms with E-state index in [2.05, 4.69) is 58.0 Å². The highest BCUT2D eigenvalue weighted by molar-refractivity contribution is 5.27. The van der Waals surface area contributed by atoms with Crippen molar-refractivity contribution in [1.29, 1.82) is 0 Å². The molecule has 2 N–H and O–H groups in total. The molecule has 0 heterocycles. The van der Waals surface area contributed by atoms with Gasteiger partial charge in [-0.25, -0.2) is 0 Å². The monoisotopic (exact) mass is 478 g/mol. The van der Waals surface area contributed by atoms with E-state index in [1.807, 2.05) is 6.07 Å². The molecule has 2 heteroatoms. The maximum absolute atomic E-state index is 11.0. The van der Waals surface area contributed by atoms with Crippen molar-refractivity contribution < 1.29 is 10.2 Å². The van der Waals surface area contributed by atoms with E-state index in [-0.39, 0.29) is 6.10 Å². The Balaban J connectivity index is 1.24. The first-order chi connectivity index (χ1) is 16.7. The predicted octanol–water partition coefficient (Wildman–Crippen LogP) is 7.73. The predicted molar refractivity (Wildman–Crippen MR) is 145 cm³/mol. The SMILES string of the molecule is CC[C@]1(O)CC[C@@]2(C)C(=CC[C@H]3[C@@H]4CC[C@H]([C@H](C)CC[C@@H](O)Cc5ccccc5)[C@@]4(C)CC[C@@H]32)C1. The average Bonchev–Trinajstić information content (AvgIpc) is 3.21. The van der Waals surface area contributed by atoms with Crippen LogP contribution in [0.25, 0.3) is 0 Å². The molecule has 0 amide bonds. The Morgan fingerprint density at radius 2 is 1.74 bits per heavy atom. The summed E-state index contributed by atoms with van der Waals surface area (Å²) >= 11 is 0. The molecule has 0 bridgehead atoms. The first-order valence-electron chi connectivity index (χ1n) is 14.8. The van der Waals surface area contributed by atoms with Crippen molar-refractivity contribution in [3.05, 3.63) is 47.5 Å². The molecule has 1 aromatic carbocycles. The number of rotatable bonds is 7. The summed E-state index contributed by atoms with van der Waals surface area (Å²) in [6.45, 7) is 9.82. The van der Waals surface area contributed by atoms with Crippen LogP contribution in [0.5, 0.6) is 0 Å². The van der Waals surface area contributed by atoms with Gasteiger partial charge in [-0.2, -0.15) is 0 Å². The minimum absolute atomic E-state index is 0.226. The van der Waals surface area contributed by atoms with Crippen molar-refractivity contribution in [3.63, 3.8) is 0 Å². The maximum Gasteiger partial charge on any atom is 0.0682 e. The van der Waals surface area contributed by atoms with Crippen LogP contribution < -0.4 is 0 Å². The molecule has 0 radical (unpaired) electrons. The lowest BCUT2D eigenvalue weighted by Gasteiger charge is -2.59. The molecule has 1 aromatic rings. The number of aliphatic hydroxyl groups excluding tert-OH is 1. The van der Waals surface area contributed by atoms with Crippen LogP contribution in [-0.2, 0) is 6.42 Å². The minimum Gasteiger partial charge on any atom is -0.393 e. The second-order valence-electron chi connectivity index (χ2n) is 13.6. The third-order valence-electron chi connectivity index (χ3n) is 11.9. The van der Waals surface area contributed by atoms with Gasteiger partial charge < -0.3 is 10.2 Å². The fraction of sp³-hybridized carbons (Fsp3) is 0.758. The molecule has 5 rings (SSSR count). The van der Waals surface area contributed by atoms with E-state index >= 15 is 0 Å². The molecule has 4 aliphatic rings. The van der Waals surface area contributed by atoms with E-state index in [1.165, 1.54) is 44.1 Å². The van der Waals surface area contributed by atoms with E-state index in [0.717, 1.165) is 62.2 Å². The Labute approximate surface area is 214 Å². The zero-order valence-electron chi connectivity index (χ0n) is 22.8. The highest BCUT2D eigenvalue weighted by atomic mass is 16.3. The van der Waals surface area contributed by atoms with Gasteiger partial charge >= 0.3 is 0 Å². The van der Waals surface area contributed by atoms with Gasteiger partial charge in [-0.1, -0.05) is 69.7 Å². The quantitative estimate of drug-likeness (QED) is 0.394. The number of aliphatic hydroxyl groups is 2. The van der Waals surface area contributed by atoms with Crippen LogP contribution in [0.1, 0.15) is 104 Å². The molecule has 3 fully saturated rings. The maximum atomic E-state index is 11.0. The number of benzene rings is 1. The van der Waals surface area contributed by atoms with Crippen LogP contribution in [-0.4, -0.2) is 21.9 Å². The van der Waals surface area contributed by atoms with Crippen molar-refractivity contribution in [2.24, 2.45) is 40.4 Å². The van der Waals surface area contributed by atoms with Gasteiger partial charge in [0.15, 0.2) is 0 Å². The van der Waals surface area contributed by atoms with Crippen molar-refractivity contribution >= 4 is 0 Å². The summed E-state index contributed by atoms with van der Waals surface area (Å²) in [5, 5.41) is 21.7. The number of hydrogen-bond acceptors (Lipinski definition) is 2. The molecule has 194 valence electrons. The normalized spacial score (nSPS) is 42.4. The molecule has 9 atom stereocenters. The van der Waals surface area contributed by atoms with Gasteiger partial charge in [0.05, 0.1) is 11.7 Å². The minimum atomic E-state index is -0.458. The van der Waals surface area contributed by atoms with Crippen molar-refractivity contribution in [3.8, 4) is 0 Å². The molecule has 2 nitrogen and oxygen atoms in total. The van der Waals surface area contributed by atoms with Crippen molar-refractivity contribution in [2.75, 3.05) is 0 Å². The van der Waals surface area contributed by atoms with Gasteiger partial charge in [0.25, 0.3) is 0 Å². The van der Waals surface area contributed by atoms with Gasteiger partial charge in [0, 0.05) is 0 Å². The van der Waals surface area contributed by atoms with Crippen LogP contribution in [0.3, 0.4) is 0 Å². The molecule has 0 unspecified atom stereocenters. The van der Waals surface area contributed by atoms with Gasteiger partial charge in [0.2, 0.25) is 0 Å². The average molecular weight is 479 g/mol. The Morgan fingerprint density at radius 3 is 2.49 bits per heavy atom. The van der Waals surface area contributed by atoms with Gasteiger partial charge in [0.1, 0.15) is 0 Å². The molecular formula is C33H50O2. The van der Waals surface area contributed by atoms with E-state index in [9.17, 15) is 10.2 Å². The third kappa shape index (κ3) is 4.56. The Bertz CT molecular complexity index is 907. The van der Waals surface area contributed by atoms with E-state index in [1.54, 1.807) is 5.57 Å². The molecule has 3 saturated carbocycles. The summed E-state index contributed by atoms with van der Waals surface area (Å²) in [6.07, 6.45) is 15.9. The highest BCUT2D eigenvalue weighted by Gasteiger charge is 2.59. The first kappa shape index (κ1) is 25.5. The second kappa shape index (κ2) is 9.64. The zero-order valence-corrected chi connectivity index (χ0v) is 22.8. The molecular weight excluding hydrogens is 428 g/mol. The summed E-state index contributed by atoms with van der Waals surface area (Å²) in [5.41, 5.74) is 3.16. The van der Waals surface area contributed by atoms with Crippen LogP contribution in [0.4, 0.5) is 0 Å². The van der Waals surface area contributed by atoms with E-state index < -0.39 is 5.60 Å². The number of hydrogen-bond donors (Lipinski definition) is 2. The zero-order chi connectivity index (χ0) is 24.8. The Hall–Kier alpha value is -1.12. The Kier molecular flexibility index (Phi) is 7.03. The molecule has 4 aliphatic carbocycles. The number of allylic oxidation sites excluding steroid dienone is 1. The Morgan fingerprint density at radius 1 is 0.971 bits per heavy atom. The highest BCUT2D eigenvalue weighted by Crippen LogP contribution is 2.67. The van der Waals surface area contributed by atoms with Crippen molar-refractivity contribution in [1.82, 2.24) is 0 Å². The van der Waals surface area contributed by atoms with Crippen LogP contribution in [0.15, 0.2) is 42.0 Å². The van der Waals surface area contributed by atoms with Crippen LogP contribution in [0.2, 0.25) is 0 Å². The lowest BCUT2D eigenvalue weighted by atomic mass is 9.46. The van der Waals surface area contributed by atoms with E-state index in [4.69, 9.17) is 0 Å². The van der Waals surface area contributed by atoms with Crippen LogP contribution >= 0.6 is 0 Å². The fourth-order valence-electron chi connectivity index (χ4n) is 9.63. The summed E-state index contributed by atoms with van der Waals surface area (Å²) < 4.78 is 0.